The van der Waals surface area contributed by atoms with Gasteiger partial charge < -0.3 is 19.3 Å². The maximum Gasteiger partial charge on any atom is 0.306 e. The highest BCUT2D eigenvalue weighted by atomic mass is 16.4. The first-order chi connectivity index (χ1) is 13.0. The molecule has 2 aromatic rings. The van der Waals surface area contributed by atoms with Gasteiger partial charge >= 0.3 is 5.97 Å². The van der Waals surface area contributed by atoms with Gasteiger partial charge in [0.25, 0.3) is 0 Å². The normalized spacial score (nSPS) is 15.2. The second-order valence-corrected chi connectivity index (χ2v) is 6.81. The van der Waals surface area contributed by atoms with Gasteiger partial charge in [-0.05, 0) is 48.7 Å². The lowest BCUT2D eigenvalue weighted by atomic mass is 9.96. The number of anilines is 1. The zero-order valence-electron chi connectivity index (χ0n) is 15.4. The molecule has 1 N–H and O–H groups in total. The number of rotatable bonds is 6. The third-order valence-electron chi connectivity index (χ3n) is 4.85. The van der Waals surface area contributed by atoms with Crippen LogP contribution in [0.3, 0.4) is 0 Å². The monoisotopic (exact) mass is 368 g/mol. The van der Waals surface area contributed by atoms with Crippen LogP contribution in [0.1, 0.15) is 24.2 Å². The van der Waals surface area contributed by atoms with E-state index in [-0.39, 0.29) is 11.8 Å². The van der Waals surface area contributed by atoms with Gasteiger partial charge in [0.05, 0.1) is 12.2 Å². The topological polar surface area (TPSA) is 74.0 Å². The van der Waals surface area contributed by atoms with Crippen LogP contribution >= 0.6 is 0 Å². The van der Waals surface area contributed by atoms with Crippen LogP contribution in [0.5, 0.6) is 0 Å². The molecule has 6 heteroatoms. The highest BCUT2D eigenvalue weighted by Gasteiger charge is 2.24. The van der Waals surface area contributed by atoms with Gasteiger partial charge in [-0.15, -0.1) is 0 Å². The second-order valence-electron chi connectivity index (χ2n) is 6.81. The minimum atomic E-state index is -0.703. The summed E-state index contributed by atoms with van der Waals surface area (Å²) in [6.07, 6.45) is 6.05. The van der Waals surface area contributed by atoms with Gasteiger partial charge in [0.1, 0.15) is 5.76 Å². The number of carboxylic acid groups (broad SMARTS) is 1. The number of nitrogens with zero attached hydrogens (tertiary/aromatic N) is 2. The molecule has 1 saturated heterocycles. The smallest absolute Gasteiger partial charge is 0.306 e. The largest absolute Gasteiger partial charge is 0.481 e. The molecule has 1 fully saturated rings. The van der Waals surface area contributed by atoms with Crippen LogP contribution in [-0.2, 0) is 16.1 Å². The van der Waals surface area contributed by atoms with Gasteiger partial charge in [0.15, 0.2) is 0 Å². The number of piperidine rings is 1. The lowest BCUT2D eigenvalue weighted by Gasteiger charge is -2.32. The number of aliphatic carboxylic acids is 1. The molecule has 0 radical (unpaired) electrons. The second kappa shape index (κ2) is 8.58. The van der Waals surface area contributed by atoms with Crippen molar-refractivity contribution in [2.75, 3.05) is 25.0 Å². The van der Waals surface area contributed by atoms with Crippen molar-refractivity contribution in [3.05, 3.63) is 60.1 Å². The predicted molar refractivity (Wildman–Crippen MR) is 103 cm³/mol. The summed E-state index contributed by atoms with van der Waals surface area (Å²) in [5.41, 5.74) is 2.11. The fourth-order valence-corrected chi connectivity index (χ4v) is 3.25. The molecular formula is C21H24N2O4. The summed E-state index contributed by atoms with van der Waals surface area (Å²) < 4.78 is 5.19. The molecule has 142 valence electrons. The van der Waals surface area contributed by atoms with Crippen LogP contribution in [0, 0.1) is 5.92 Å². The van der Waals surface area contributed by atoms with E-state index in [9.17, 15) is 9.59 Å². The summed E-state index contributed by atoms with van der Waals surface area (Å²) in [6.45, 7) is 1.98. The first kappa shape index (κ1) is 18.8. The Morgan fingerprint density at radius 3 is 2.70 bits per heavy atom. The Kier molecular flexibility index (Phi) is 5.96. The molecule has 0 unspecified atom stereocenters. The Labute approximate surface area is 158 Å². The summed E-state index contributed by atoms with van der Waals surface area (Å²) in [4.78, 5) is 27.2. The van der Waals surface area contributed by atoms with Gasteiger partial charge in [-0.1, -0.05) is 12.1 Å². The van der Waals surface area contributed by atoms with E-state index in [1.807, 2.05) is 18.2 Å². The summed E-state index contributed by atoms with van der Waals surface area (Å²) in [5, 5.41) is 9.13. The van der Waals surface area contributed by atoms with E-state index in [0.29, 0.717) is 25.1 Å². The minimum Gasteiger partial charge on any atom is -0.481 e. The Balaban J connectivity index is 1.58. The lowest BCUT2D eigenvalue weighted by Crippen LogP contribution is -2.36. The van der Waals surface area contributed by atoms with Gasteiger partial charge in [-0.25, -0.2) is 0 Å². The van der Waals surface area contributed by atoms with Crippen LogP contribution in [0.2, 0.25) is 0 Å². The van der Waals surface area contributed by atoms with Crippen molar-refractivity contribution in [1.82, 2.24) is 4.90 Å². The van der Waals surface area contributed by atoms with Gasteiger partial charge in [0, 0.05) is 38.4 Å². The molecule has 1 aliphatic heterocycles. The third kappa shape index (κ3) is 5.00. The summed E-state index contributed by atoms with van der Waals surface area (Å²) >= 11 is 0. The molecule has 6 nitrogen and oxygen atoms in total. The van der Waals surface area contributed by atoms with E-state index in [0.717, 1.165) is 24.3 Å². The van der Waals surface area contributed by atoms with Crippen LogP contribution < -0.4 is 4.90 Å². The molecule has 0 bridgehead atoms. The van der Waals surface area contributed by atoms with E-state index >= 15 is 0 Å². The van der Waals surface area contributed by atoms with Gasteiger partial charge in [-0.3, -0.25) is 9.59 Å². The van der Waals surface area contributed by atoms with Gasteiger partial charge in [-0.2, -0.15) is 0 Å². The minimum absolute atomic E-state index is 0.0981. The predicted octanol–water partition coefficient (Wildman–Crippen LogP) is 3.25. The number of benzene rings is 1. The molecule has 1 aromatic heterocycles. The van der Waals surface area contributed by atoms with Crippen molar-refractivity contribution in [2.24, 2.45) is 5.92 Å². The van der Waals surface area contributed by atoms with Crippen LogP contribution in [0.25, 0.3) is 6.08 Å². The molecule has 1 aliphatic rings. The quantitative estimate of drug-likeness (QED) is 0.792. The first-order valence-corrected chi connectivity index (χ1v) is 9.06. The van der Waals surface area contributed by atoms with E-state index in [1.54, 1.807) is 36.4 Å². The van der Waals surface area contributed by atoms with Gasteiger partial charge in [0.2, 0.25) is 5.91 Å². The molecule has 0 atom stereocenters. The van der Waals surface area contributed by atoms with Crippen molar-refractivity contribution in [1.29, 1.82) is 0 Å². The zero-order valence-corrected chi connectivity index (χ0v) is 15.4. The molecular weight excluding hydrogens is 344 g/mol. The van der Waals surface area contributed by atoms with Crippen molar-refractivity contribution < 1.29 is 19.1 Å². The number of furan rings is 1. The number of amides is 1. The van der Waals surface area contributed by atoms with Crippen LogP contribution in [0.15, 0.2) is 53.2 Å². The average Bonchev–Trinajstić information content (AvgIpc) is 3.20. The maximum absolute atomic E-state index is 12.3. The first-order valence-electron chi connectivity index (χ1n) is 9.06. The van der Waals surface area contributed by atoms with Crippen LogP contribution in [-0.4, -0.2) is 42.0 Å². The van der Waals surface area contributed by atoms with Crippen molar-refractivity contribution in [3.8, 4) is 0 Å². The summed E-state index contributed by atoms with van der Waals surface area (Å²) in [6, 6.07) is 11.6. The fraction of sp³-hybridized carbons (Fsp3) is 0.333. The molecule has 3 rings (SSSR count). The summed E-state index contributed by atoms with van der Waals surface area (Å²) in [7, 11) is 1.76. The van der Waals surface area contributed by atoms with E-state index in [2.05, 4.69) is 11.0 Å². The van der Waals surface area contributed by atoms with E-state index < -0.39 is 5.97 Å². The van der Waals surface area contributed by atoms with E-state index in [4.69, 9.17) is 9.52 Å². The average molecular weight is 368 g/mol. The van der Waals surface area contributed by atoms with Crippen molar-refractivity contribution >= 4 is 23.6 Å². The number of carbonyl (C=O) groups is 2. The Hall–Kier alpha value is -3.02. The third-order valence-corrected chi connectivity index (χ3v) is 4.85. The maximum atomic E-state index is 12.3. The molecule has 0 spiro atoms. The molecule has 0 aliphatic carbocycles. The lowest BCUT2D eigenvalue weighted by molar-refractivity contribution is -0.142. The molecule has 0 saturated carbocycles. The van der Waals surface area contributed by atoms with Crippen molar-refractivity contribution in [2.45, 2.75) is 19.4 Å². The fourth-order valence-electron chi connectivity index (χ4n) is 3.25. The molecule has 1 amide bonds. The summed E-state index contributed by atoms with van der Waals surface area (Å²) in [5.74, 6) is -0.400. The molecule has 1 aromatic carbocycles. The Morgan fingerprint density at radius 1 is 1.26 bits per heavy atom. The number of hydrogen-bond acceptors (Lipinski definition) is 4. The highest BCUT2D eigenvalue weighted by Crippen LogP contribution is 2.24. The standard InChI is InChI=1S/C21H24N2O4/c1-22(20(24)8-7-19-6-3-13-27-19)15-16-4-2-5-18(14-16)23-11-9-17(10-12-23)21(25)26/h2-8,13-14,17H,9-12,15H2,1H3,(H,25,26)/b8-7+. The highest BCUT2D eigenvalue weighted by molar-refractivity contribution is 5.91. The number of likely N-dealkylation sites (N-methyl/N-ethyl adjacent to an activating group) is 1. The molecule has 27 heavy (non-hydrogen) atoms. The SMILES string of the molecule is CN(Cc1cccc(N2CCC(C(=O)O)CC2)c1)C(=O)/C=C/c1ccco1. The number of hydrogen-bond donors (Lipinski definition) is 1. The number of carbonyl (C=O) groups excluding carboxylic acids is 1. The van der Waals surface area contributed by atoms with E-state index in [1.165, 1.54) is 6.08 Å². The van der Waals surface area contributed by atoms with Crippen LogP contribution in [0.4, 0.5) is 5.69 Å². The Morgan fingerprint density at radius 2 is 2.04 bits per heavy atom. The molecule has 2 heterocycles. The Bertz CT molecular complexity index is 805. The number of carboxylic acids is 1. The van der Waals surface area contributed by atoms with Crippen molar-refractivity contribution in [3.63, 3.8) is 0 Å². The zero-order chi connectivity index (χ0) is 19.2.